The van der Waals surface area contributed by atoms with Crippen molar-refractivity contribution < 1.29 is 0 Å². The second kappa shape index (κ2) is 5.91. The van der Waals surface area contributed by atoms with Crippen LogP contribution >= 0.6 is 0 Å². The van der Waals surface area contributed by atoms with Crippen molar-refractivity contribution in [2.75, 3.05) is 0 Å². The Hall–Kier alpha value is -1.77. The maximum absolute atomic E-state index is 12.5. The lowest BCUT2D eigenvalue weighted by molar-refractivity contribution is 0.791. The molecule has 3 nitrogen and oxygen atoms in total. The number of hydrogen-bond donors (Lipinski definition) is 1. The van der Waals surface area contributed by atoms with Gasteiger partial charge in [0.1, 0.15) is 0 Å². The van der Waals surface area contributed by atoms with Gasteiger partial charge in [0.15, 0.2) is 0 Å². The summed E-state index contributed by atoms with van der Waals surface area (Å²) in [5.74, 6) is 0. The number of H-pyrrole nitrogens is 1. The lowest BCUT2D eigenvalue weighted by atomic mass is 10.1. The van der Waals surface area contributed by atoms with Crippen molar-refractivity contribution in [2.45, 2.75) is 46.5 Å². The number of benzene rings is 1. The lowest BCUT2D eigenvalue weighted by Crippen LogP contribution is -2.17. The fourth-order valence-electron chi connectivity index (χ4n) is 2.43. The molecule has 2 aromatic rings. The Kier molecular flexibility index (Phi) is 4.25. The lowest BCUT2D eigenvalue weighted by Gasteiger charge is -2.02. The van der Waals surface area contributed by atoms with E-state index >= 15 is 0 Å². The van der Waals surface area contributed by atoms with Gasteiger partial charge in [0.2, 0.25) is 0 Å². The largest absolute Gasteiger partial charge is 0.295 e. The molecule has 0 radical (unpaired) electrons. The van der Waals surface area contributed by atoms with Crippen molar-refractivity contribution in [3.63, 3.8) is 0 Å². The fraction of sp³-hybridized carbons (Fsp3) is 0.438. The molecular formula is C16H22N2O. The number of aryl methyl sites for hydroxylation is 2. The van der Waals surface area contributed by atoms with Crippen LogP contribution in [-0.4, -0.2) is 9.78 Å². The maximum atomic E-state index is 12.5. The first-order chi connectivity index (χ1) is 9.17. The molecule has 0 aliphatic heterocycles. The first-order valence-electron chi connectivity index (χ1n) is 7.07. The highest BCUT2D eigenvalue weighted by Crippen LogP contribution is 2.12. The van der Waals surface area contributed by atoms with Crippen molar-refractivity contribution in [1.29, 1.82) is 0 Å². The SMILES string of the molecule is CCCc1[nH]n(-c2cccc(C)c2)c(=O)c1CCC. The van der Waals surface area contributed by atoms with Crippen molar-refractivity contribution in [3.8, 4) is 5.69 Å². The van der Waals surface area contributed by atoms with Crippen molar-refractivity contribution in [3.05, 3.63) is 51.4 Å². The third kappa shape index (κ3) is 2.80. The van der Waals surface area contributed by atoms with Gasteiger partial charge in [0.05, 0.1) is 5.69 Å². The molecule has 0 saturated heterocycles. The Morgan fingerprint density at radius 1 is 1.16 bits per heavy atom. The Labute approximate surface area is 114 Å². The van der Waals surface area contributed by atoms with Gasteiger partial charge in [-0.3, -0.25) is 9.89 Å². The third-order valence-corrected chi connectivity index (χ3v) is 3.33. The topological polar surface area (TPSA) is 37.8 Å². The molecule has 1 heterocycles. The van der Waals surface area contributed by atoms with Crippen molar-refractivity contribution in [2.24, 2.45) is 0 Å². The molecule has 1 aromatic heterocycles. The van der Waals surface area contributed by atoms with Crippen LogP contribution in [0.25, 0.3) is 5.69 Å². The van der Waals surface area contributed by atoms with Gasteiger partial charge < -0.3 is 0 Å². The predicted molar refractivity (Wildman–Crippen MR) is 79.1 cm³/mol. The summed E-state index contributed by atoms with van der Waals surface area (Å²) in [6.45, 7) is 6.29. The molecule has 0 atom stereocenters. The van der Waals surface area contributed by atoms with E-state index < -0.39 is 0 Å². The molecule has 0 saturated carbocycles. The molecule has 1 aromatic carbocycles. The van der Waals surface area contributed by atoms with Gasteiger partial charge in [0.25, 0.3) is 5.56 Å². The number of aromatic amines is 1. The average Bonchev–Trinajstić information content (AvgIpc) is 2.69. The van der Waals surface area contributed by atoms with Crippen LogP contribution in [0, 0.1) is 6.92 Å². The van der Waals surface area contributed by atoms with E-state index in [1.165, 1.54) is 0 Å². The van der Waals surface area contributed by atoms with E-state index in [2.05, 4.69) is 18.9 Å². The summed E-state index contributed by atoms with van der Waals surface area (Å²) in [5, 5.41) is 3.28. The Bertz CT molecular complexity index is 607. The molecule has 0 aliphatic carbocycles. The summed E-state index contributed by atoms with van der Waals surface area (Å²) in [6.07, 6.45) is 3.83. The van der Waals surface area contributed by atoms with Crippen LogP contribution in [0.3, 0.4) is 0 Å². The van der Waals surface area contributed by atoms with Crippen LogP contribution in [0.1, 0.15) is 43.5 Å². The van der Waals surface area contributed by atoms with E-state index in [1.54, 1.807) is 4.68 Å². The van der Waals surface area contributed by atoms with E-state index in [-0.39, 0.29) is 5.56 Å². The second-order valence-electron chi connectivity index (χ2n) is 5.05. The normalized spacial score (nSPS) is 10.9. The van der Waals surface area contributed by atoms with Crippen molar-refractivity contribution >= 4 is 0 Å². The highest BCUT2D eigenvalue weighted by atomic mass is 16.1. The zero-order valence-corrected chi connectivity index (χ0v) is 12.0. The highest BCUT2D eigenvalue weighted by Gasteiger charge is 2.13. The Morgan fingerprint density at radius 3 is 2.53 bits per heavy atom. The number of rotatable bonds is 5. The molecule has 3 heteroatoms. The van der Waals surface area contributed by atoms with Gasteiger partial charge in [0, 0.05) is 11.3 Å². The zero-order valence-electron chi connectivity index (χ0n) is 12.0. The molecule has 0 aliphatic rings. The van der Waals surface area contributed by atoms with E-state index in [0.29, 0.717) is 0 Å². The number of nitrogens with one attached hydrogen (secondary N) is 1. The Balaban J connectivity index is 2.52. The first-order valence-corrected chi connectivity index (χ1v) is 7.07. The summed E-state index contributed by atoms with van der Waals surface area (Å²) in [6, 6.07) is 8.02. The van der Waals surface area contributed by atoms with Gasteiger partial charge in [-0.05, 0) is 37.5 Å². The molecule has 0 spiro atoms. The van der Waals surface area contributed by atoms with Crippen LogP contribution in [0.15, 0.2) is 29.1 Å². The van der Waals surface area contributed by atoms with Crippen LogP contribution in [0.4, 0.5) is 0 Å². The molecule has 19 heavy (non-hydrogen) atoms. The van der Waals surface area contributed by atoms with Gasteiger partial charge in [-0.2, -0.15) is 0 Å². The van der Waals surface area contributed by atoms with E-state index in [9.17, 15) is 4.79 Å². The summed E-state index contributed by atoms with van der Waals surface area (Å²) in [4.78, 5) is 12.5. The highest BCUT2D eigenvalue weighted by molar-refractivity contribution is 5.36. The summed E-state index contributed by atoms with van der Waals surface area (Å²) in [5.41, 5.74) is 4.23. The minimum absolute atomic E-state index is 0.107. The molecule has 0 fully saturated rings. The standard InChI is InChI=1S/C16H22N2O/c1-4-7-14-15(8-5-2)17-18(16(14)19)13-10-6-9-12(3)11-13/h6,9-11,17H,4-5,7-8H2,1-3H3. The third-order valence-electron chi connectivity index (χ3n) is 3.33. The summed E-state index contributed by atoms with van der Waals surface area (Å²) < 4.78 is 1.68. The van der Waals surface area contributed by atoms with Gasteiger partial charge in [-0.1, -0.05) is 38.8 Å². The van der Waals surface area contributed by atoms with E-state index in [0.717, 1.165) is 48.2 Å². The van der Waals surface area contributed by atoms with Gasteiger partial charge in [-0.15, -0.1) is 0 Å². The van der Waals surface area contributed by atoms with Crippen molar-refractivity contribution in [1.82, 2.24) is 9.78 Å². The summed E-state index contributed by atoms with van der Waals surface area (Å²) >= 11 is 0. The number of hydrogen-bond acceptors (Lipinski definition) is 1. The van der Waals surface area contributed by atoms with Crippen LogP contribution in [-0.2, 0) is 12.8 Å². The number of aromatic nitrogens is 2. The maximum Gasteiger partial charge on any atom is 0.274 e. The van der Waals surface area contributed by atoms with E-state index in [1.807, 2.05) is 31.2 Å². The van der Waals surface area contributed by atoms with Crippen LogP contribution < -0.4 is 5.56 Å². The van der Waals surface area contributed by atoms with Gasteiger partial charge in [-0.25, -0.2) is 4.68 Å². The van der Waals surface area contributed by atoms with E-state index in [4.69, 9.17) is 0 Å². The molecule has 102 valence electrons. The van der Waals surface area contributed by atoms with Gasteiger partial charge >= 0.3 is 0 Å². The Morgan fingerprint density at radius 2 is 1.89 bits per heavy atom. The number of nitrogens with zero attached hydrogens (tertiary/aromatic N) is 1. The average molecular weight is 258 g/mol. The minimum Gasteiger partial charge on any atom is -0.295 e. The summed E-state index contributed by atoms with van der Waals surface area (Å²) in [7, 11) is 0. The minimum atomic E-state index is 0.107. The monoisotopic (exact) mass is 258 g/mol. The zero-order chi connectivity index (χ0) is 13.8. The molecule has 1 N–H and O–H groups in total. The molecule has 0 bridgehead atoms. The molecule has 0 amide bonds. The quantitative estimate of drug-likeness (QED) is 0.877. The predicted octanol–water partition coefficient (Wildman–Crippen LogP) is 3.38. The molecule has 2 rings (SSSR count). The first kappa shape index (κ1) is 13.7. The molecule has 0 unspecified atom stereocenters. The van der Waals surface area contributed by atoms with Crippen LogP contribution in [0.5, 0.6) is 0 Å². The second-order valence-corrected chi connectivity index (χ2v) is 5.05. The molecular weight excluding hydrogens is 236 g/mol. The fourth-order valence-corrected chi connectivity index (χ4v) is 2.43. The van der Waals surface area contributed by atoms with Crippen LogP contribution in [0.2, 0.25) is 0 Å². The smallest absolute Gasteiger partial charge is 0.274 e.